The zero-order valence-electron chi connectivity index (χ0n) is 10.1. The van der Waals surface area contributed by atoms with E-state index in [-0.39, 0.29) is 21.9 Å². The number of nitrogens with one attached hydrogen (secondary N) is 1. The van der Waals surface area contributed by atoms with Gasteiger partial charge in [0.1, 0.15) is 17.3 Å². The Morgan fingerprint density at radius 1 is 1.53 bits per heavy atom. The van der Waals surface area contributed by atoms with Gasteiger partial charge in [0.05, 0.1) is 5.69 Å². The van der Waals surface area contributed by atoms with E-state index in [1.54, 1.807) is 6.92 Å². The van der Waals surface area contributed by atoms with Crippen LogP contribution < -0.4 is 4.72 Å². The SMILES string of the molecule is Cc1nc(NS(=O)(=O)c2cc(CO)oc2Br)sc1C. The third-order valence-electron chi connectivity index (χ3n) is 2.40. The third-order valence-corrected chi connectivity index (χ3v) is 5.72. The Labute approximate surface area is 122 Å². The molecule has 9 heteroatoms. The molecular weight excluding hydrogens is 356 g/mol. The molecular formula is C10H11BrN2O4S2. The highest BCUT2D eigenvalue weighted by atomic mass is 79.9. The lowest BCUT2D eigenvalue weighted by Gasteiger charge is -2.02. The predicted octanol–water partition coefficient (Wildman–Crippen LogP) is 2.41. The van der Waals surface area contributed by atoms with E-state index < -0.39 is 10.0 Å². The third kappa shape index (κ3) is 2.99. The van der Waals surface area contributed by atoms with Crippen LogP contribution in [0, 0.1) is 13.8 Å². The van der Waals surface area contributed by atoms with Gasteiger partial charge in [-0.2, -0.15) is 0 Å². The van der Waals surface area contributed by atoms with E-state index >= 15 is 0 Å². The smallest absolute Gasteiger partial charge is 0.268 e. The summed E-state index contributed by atoms with van der Waals surface area (Å²) in [5, 5.41) is 9.23. The highest BCUT2D eigenvalue weighted by Crippen LogP contribution is 2.29. The van der Waals surface area contributed by atoms with Crippen molar-refractivity contribution in [1.82, 2.24) is 4.98 Å². The minimum atomic E-state index is -3.79. The number of aliphatic hydroxyl groups is 1. The minimum Gasteiger partial charge on any atom is -0.450 e. The maximum absolute atomic E-state index is 12.2. The van der Waals surface area contributed by atoms with Gasteiger partial charge in [0.25, 0.3) is 10.0 Å². The molecule has 0 saturated carbocycles. The number of aliphatic hydroxyl groups excluding tert-OH is 1. The fourth-order valence-electron chi connectivity index (χ4n) is 1.35. The summed E-state index contributed by atoms with van der Waals surface area (Å²) in [4.78, 5) is 4.99. The number of halogens is 1. The molecule has 6 nitrogen and oxygen atoms in total. The Bertz CT molecular complexity index is 686. The van der Waals surface area contributed by atoms with Crippen LogP contribution in [0.2, 0.25) is 0 Å². The van der Waals surface area contributed by atoms with E-state index in [1.165, 1.54) is 17.4 Å². The summed E-state index contributed by atoms with van der Waals surface area (Å²) in [5.41, 5.74) is 0.782. The second-order valence-electron chi connectivity index (χ2n) is 3.77. The molecule has 0 unspecified atom stereocenters. The zero-order valence-corrected chi connectivity index (χ0v) is 13.3. The number of aryl methyl sites for hydroxylation is 2. The molecule has 0 radical (unpaired) electrons. The van der Waals surface area contributed by atoms with Crippen LogP contribution in [-0.2, 0) is 16.6 Å². The Morgan fingerprint density at radius 3 is 2.68 bits per heavy atom. The van der Waals surface area contributed by atoms with E-state index in [9.17, 15) is 8.42 Å². The van der Waals surface area contributed by atoms with Gasteiger partial charge in [0, 0.05) is 10.9 Å². The largest absolute Gasteiger partial charge is 0.450 e. The first kappa shape index (κ1) is 14.5. The van der Waals surface area contributed by atoms with Crippen molar-refractivity contribution in [2.24, 2.45) is 0 Å². The average molecular weight is 367 g/mol. The summed E-state index contributed by atoms with van der Waals surface area (Å²) in [7, 11) is -3.79. The maximum Gasteiger partial charge on any atom is 0.268 e. The van der Waals surface area contributed by atoms with Crippen LogP contribution in [0.25, 0.3) is 0 Å². The van der Waals surface area contributed by atoms with Crippen LogP contribution in [0.4, 0.5) is 5.13 Å². The Hall–Kier alpha value is -0.900. The van der Waals surface area contributed by atoms with E-state index in [1.807, 2.05) is 6.92 Å². The van der Waals surface area contributed by atoms with E-state index in [0.29, 0.717) is 5.13 Å². The first-order valence-corrected chi connectivity index (χ1v) is 8.28. The van der Waals surface area contributed by atoms with Crippen LogP contribution in [0.5, 0.6) is 0 Å². The van der Waals surface area contributed by atoms with Crippen LogP contribution in [-0.4, -0.2) is 18.5 Å². The lowest BCUT2D eigenvalue weighted by atomic mass is 10.4. The number of sulfonamides is 1. The van der Waals surface area contributed by atoms with Crippen LogP contribution in [0.3, 0.4) is 0 Å². The van der Waals surface area contributed by atoms with Gasteiger partial charge in [-0.25, -0.2) is 13.4 Å². The van der Waals surface area contributed by atoms with Crippen molar-refractivity contribution in [3.05, 3.63) is 27.1 Å². The highest BCUT2D eigenvalue weighted by Gasteiger charge is 2.23. The number of anilines is 1. The van der Waals surface area contributed by atoms with Crippen molar-refractivity contribution in [1.29, 1.82) is 0 Å². The Kier molecular flexibility index (Phi) is 4.00. The van der Waals surface area contributed by atoms with Gasteiger partial charge in [0.15, 0.2) is 9.80 Å². The molecule has 0 aliphatic carbocycles. The number of hydrogen-bond acceptors (Lipinski definition) is 6. The Balaban J connectivity index is 2.34. The summed E-state index contributed by atoms with van der Waals surface area (Å²) in [6.45, 7) is 3.30. The van der Waals surface area contributed by atoms with Crippen LogP contribution >= 0.6 is 27.3 Å². The molecule has 2 aromatic rings. The summed E-state index contributed by atoms with van der Waals surface area (Å²) < 4.78 is 31.8. The topological polar surface area (TPSA) is 92.4 Å². The van der Waals surface area contributed by atoms with E-state index in [2.05, 4.69) is 25.6 Å². The van der Waals surface area contributed by atoms with Crippen LogP contribution in [0.1, 0.15) is 16.3 Å². The summed E-state index contributed by atoms with van der Waals surface area (Å²) in [5.74, 6) is 0.166. The first-order valence-electron chi connectivity index (χ1n) is 5.19. The summed E-state index contributed by atoms with van der Waals surface area (Å²) >= 11 is 4.27. The summed E-state index contributed by atoms with van der Waals surface area (Å²) in [6, 6.07) is 1.26. The normalized spacial score (nSPS) is 11.8. The zero-order chi connectivity index (χ0) is 14.2. The van der Waals surface area contributed by atoms with Gasteiger partial charge in [0.2, 0.25) is 0 Å². The fraction of sp³-hybridized carbons (Fsp3) is 0.300. The van der Waals surface area contributed by atoms with Gasteiger partial charge in [-0.1, -0.05) is 0 Å². The Morgan fingerprint density at radius 2 is 2.21 bits per heavy atom. The van der Waals surface area contributed by atoms with Crippen molar-refractivity contribution in [3.63, 3.8) is 0 Å². The highest BCUT2D eigenvalue weighted by molar-refractivity contribution is 9.10. The van der Waals surface area contributed by atoms with E-state index in [4.69, 9.17) is 9.52 Å². The molecule has 0 aliphatic rings. The molecule has 104 valence electrons. The second-order valence-corrected chi connectivity index (χ2v) is 7.35. The number of furan rings is 1. The molecule has 0 aromatic carbocycles. The number of aromatic nitrogens is 1. The molecule has 2 aromatic heterocycles. The number of rotatable bonds is 4. The minimum absolute atomic E-state index is 0.0500. The first-order chi connectivity index (χ1) is 8.83. The number of nitrogens with zero attached hydrogens (tertiary/aromatic N) is 1. The standard InChI is InChI=1S/C10H11BrN2O4S2/c1-5-6(2)18-10(12-5)13-19(15,16)8-3-7(4-14)17-9(8)11/h3,14H,4H2,1-2H3,(H,12,13). The van der Waals surface area contributed by atoms with Crippen molar-refractivity contribution >= 4 is 42.4 Å². The second kappa shape index (κ2) is 5.23. The van der Waals surface area contributed by atoms with Gasteiger partial charge >= 0.3 is 0 Å². The van der Waals surface area contributed by atoms with Gasteiger partial charge < -0.3 is 9.52 Å². The van der Waals surface area contributed by atoms with Gasteiger partial charge in [-0.3, -0.25) is 4.72 Å². The molecule has 2 heterocycles. The molecule has 2 rings (SSSR count). The van der Waals surface area contributed by atoms with Crippen molar-refractivity contribution < 1.29 is 17.9 Å². The molecule has 2 N–H and O–H groups in total. The molecule has 0 saturated heterocycles. The average Bonchev–Trinajstić information content (AvgIpc) is 2.83. The molecule has 0 aliphatic heterocycles. The molecule has 0 atom stereocenters. The lowest BCUT2D eigenvalue weighted by molar-refractivity contribution is 0.245. The summed E-state index contributed by atoms with van der Waals surface area (Å²) in [6.07, 6.45) is 0. The lowest BCUT2D eigenvalue weighted by Crippen LogP contribution is -2.12. The number of thiazole rings is 1. The molecule has 19 heavy (non-hydrogen) atoms. The maximum atomic E-state index is 12.2. The molecule has 0 bridgehead atoms. The number of hydrogen-bond donors (Lipinski definition) is 2. The monoisotopic (exact) mass is 366 g/mol. The molecule has 0 spiro atoms. The van der Waals surface area contributed by atoms with E-state index in [0.717, 1.165) is 10.6 Å². The van der Waals surface area contributed by atoms with Gasteiger partial charge in [-0.05, 0) is 29.8 Å². The van der Waals surface area contributed by atoms with Crippen LogP contribution in [0.15, 0.2) is 20.0 Å². The van der Waals surface area contributed by atoms with Crippen molar-refractivity contribution in [2.75, 3.05) is 4.72 Å². The molecule has 0 fully saturated rings. The predicted molar refractivity (Wildman–Crippen MR) is 74.7 cm³/mol. The molecule has 0 amide bonds. The van der Waals surface area contributed by atoms with Gasteiger partial charge in [-0.15, -0.1) is 11.3 Å². The fourth-order valence-corrected chi connectivity index (χ4v) is 4.39. The quantitative estimate of drug-likeness (QED) is 0.866. The van der Waals surface area contributed by atoms with Crippen molar-refractivity contribution in [2.45, 2.75) is 25.3 Å². The van der Waals surface area contributed by atoms with Crippen molar-refractivity contribution in [3.8, 4) is 0 Å².